The van der Waals surface area contributed by atoms with Crippen LogP contribution in [0.2, 0.25) is 0 Å². The summed E-state index contributed by atoms with van der Waals surface area (Å²) in [4.78, 5) is 50.8. The number of nitriles is 1. The van der Waals surface area contributed by atoms with E-state index < -0.39 is 24.0 Å². The Hall–Kier alpha value is -3.21. The van der Waals surface area contributed by atoms with E-state index >= 15 is 0 Å². The van der Waals surface area contributed by atoms with Crippen LogP contribution >= 0.6 is 0 Å². The summed E-state index contributed by atoms with van der Waals surface area (Å²) in [6.07, 6.45) is 4.43. The van der Waals surface area contributed by atoms with Gasteiger partial charge >= 0.3 is 5.97 Å². The number of hydrogen-bond donors (Lipinski definition) is 0. The number of hydrogen-bond acceptors (Lipinski definition) is 6. The molecule has 1 heterocycles. The highest BCUT2D eigenvalue weighted by molar-refractivity contribution is 6.19. The topological polar surface area (TPSA) is 108 Å². The standard InChI is InChI=1S/C21H23N3O5/c1-23(21(14-22)11-3-2-4-12-21)19(27)13-29-20(28)15-5-7-16(8-6-15)24-17(25)9-10-18(24)26/h5-8H,2-4,9-13H2,1H3. The summed E-state index contributed by atoms with van der Waals surface area (Å²) in [6.45, 7) is -0.455. The second-order valence-corrected chi connectivity index (χ2v) is 7.40. The number of benzene rings is 1. The van der Waals surface area contributed by atoms with Crippen LogP contribution < -0.4 is 4.90 Å². The Morgan fingerprint density at radius 3 is 2.24 bits per heavy atom. The molecule has 3 rings (SSSR count). The average Bonchev–Trinajstić information content (AvgIpc) is 3.09. The molecule has 1 saturated heterocycles. The highest BCUT2D eigenvalue weighted by Gasteiger charge is 2.39. The minimum absolute atomic E-state index is 0.183. The maximum Gasteiger partial charge on any atom is 0.338 e. The minimum atomic E-state index is -0.835. The molecule has 0 N–H and O–H groups in total. The fourth-order valence-corrected chi connectivity index (χ4v) is 3.82. The number of carbonyl (C=O) groups is 4. The number of anilines is 1. The third-order valence-electron chi connectivity index (χ3n) is 5.64. The van der Waals surface area contributed by atoms with Crippen molar-refractivity contribution in [3.8, 4) is 6.07 Å². The maximum atomic E-state index is 12.5. The first kappa shape index (κ1) is 20.5. The number of rotatable bonds is 5. The van der Waals surface area contributed by atoms with Gasteiger partial charge in [-0.25, -0.2) is 4.79 Å². The van der Waals surface area contributed by atoms with E-state index in [1.54, 1.807) is 7.05 Å². The zero-order valence-electron chi connectivity index (χ0n) is 16.3. The van der Waals surface area contributed by atoms with Gasteiger partial charge in [0.15, 0.2) is 6.61 Å². The number of carbonyl (C=O) groups excluding carboxylic acids is 4. The molecule has 3 amide bonds. The molecule has 0 radical (unpaired) electrons. The van der Waals surface area contributed by atoms with Crippen molar-refractivity contribution in [2.75, 3.05) is 18.6 Å². The number of ether oxygens (including phenoxy) is 1. The lowest BCUT2D eigenvalue weighted by Crippen LogP contribution is -2.51. The molecule has 0 bridgehead atoms. The van der Waals surface area contributed by atoms with E-state index in [-0.39, 0.29) is 30.2 Å². The van der Waals surface area contributed by atoms with Crippen LogP contribution in [0.4, 0.5) is 5.69 Å². The van der Waals surface area contributed by atoms with Gasteiger partial charge in [0, 0.05) is 19.9 Å². The molecule has 2 fully saturated rings. The molecular weight excluding hydrogens is 374 g/mol. The van der Waals surface area contributed by atoms with Crippen molar-refractivity contribution in [2.24, 2.45) is 0 Å². The fourth-order valence-electron chi connectivity index (χ4n) is 3.82. The first-order valence-electron chi connectivity index (χ1n) is 9.69. The molecule has 1 aliphatic carbocycles. The lowest BCUT2D eigenvalue weighted by Gasteiger charge is -2.38. The van der Waals surface area contributed by atoms with Gasteiger partial charge < -0.3 is 9.64 Å². The largest absolute Gasteiger partial charge is 0.452 e. The third kappa shape index (κ3) is 4.14. The van der Waals surface area contributed by atoms with Gasteiger partial charge in [0.1, 0.15) is 5.54 Å². The Morgan fingerprint density at radius 2 is 1.69 bits per heavy atom. The van der Waals surface area contributed by atoms with Crippen LogP contribution in [-0.2, 0) is 19.1 Å². The van der Waals surface area contributed by atoms with Gasteiger partial charge in [0.05, 0.1) is 17.3 Å². The van der Waals surface area contributed by atoms with Crippen LogP contribution in [0.15, 0.2) is 24.3 Å². The van der Waals surface area contributed by atoms with E-state index in [4.69, 9.17) is 4.74 Å². The molecular formula is C21H23N3O5. The van der Waals surface area contributed by atoms with Crippen molar-refractivity contribution in [1.82, 2.24) is 4.90 Å². The first-order valence-corrected chi connectivity index (χ1v) is 9.69. The number of nitrogens with zero attached hydrogens (tertiary/aromatic N) is 3. The first-order chi connectivity index (χ1) is 13.9. The summed E-state index contributed by atoms with van der Waals surface area (Å²) in [7, 11) is 1.57. The SMILES string of the molecule is CN(C(=O)COC(=O)c1ccc(N2C(=O)CCC2=O)cc1)C1(C#N)CCCCC1. The molecule has 8 heteroatoms. The summed E-state index contributed by atoms with van der Waals surface area (Å²) >= 11 is 0. The molecule has 1 aromatic carbocycles. The minimum Gasteiger partial charge on any atom is -0.452 e. The zero-order valence-corrected chi connectivity index (χ0v) is 16.3. The van der Waals surface area contributed by atoms with E-state index in [0.29, 0.717) is 18.5 Å². The quantitative estimate of drug-likeness (QED) is 0.557. The van der Waals surface area contributed by atoms with Crippen LogP contribution in [0.25, 0.3) is 0 Å². The highest BCUT2D eigenvalue weighted by atomic mass is 16.5. The molecule has 1 aromatic rings. The molecule has 29 heavy (non-hydrogen) atoms. The molecule has 1 aliphatic heterocycles. The fraction of sp³-hybridized carbons (Fsp3) is 0.476. The van der Waals surface area contributed by atoms with E-state index in [0.717, 1.165) is 24.2 Å². The van der Waals surface area contributed by atoms with Gasteiger partial charge in [-0.2, -0.15) is 5.26 Å². The smallest absolute Gasteiger partial charge is 0.338 e. The van der Waals surface area contributed by atoms with E-state index in [2.05, 4.69) is 6.07 Å². The molecule has 152 valence electrons. The second-order valence-electron chi connectivity index (χ2n) is 7.40. The lowest BCUT2D eigenvalue weighted by atomic mass is 9.81. The van der Waals surface area contributed by atoms with Gasteiger partial charge in [-0.1, -0.05) is 19.3 Å². The molecule has 0 unspecified atom stereocenters. The summed E-state index contributed by atoms with van der Waals surface area (Å²) in [5.74, 6) is -1.65. The van der Waals surface area contributed by atoms with E-state index in [1.165, 1.54) is 29.2 Å². The molecule has 0 aromatic heterocycles. The number of imide groups is 1. The van der Waals surface area contributed by atoms with Crippen molar-refractivity contribution < 1.29 is 23.9 Å². The Bertz CT molecular complexity index is 849. The van der Waals surface area contributed by atoms with Crippen molar-refractivity contribution in [3.05, 3.63) is 29.8 Å². The Kier molecular flexibility index (Phi) is 5.97. The van der Waals surface area contributed by atoms with Gasteiger partial charge in [-0.05, 0) is 37.1 Å². The van der Waals surface area contributed by atoms with Crippen molar-refractivity contribution in [1.29, 1.82) is 5.26 Å². The van der Waals surface area contributed by atoms with Gasteiger partial charge in [-0.3, -0.25) is 19.3 Å². The summed E-state index contributed by atoms with van der Waals surface area (Å²) in [5.41, 5.74) is -0.229. The monoisotopic (exact) mass is 397 g/mol. The lowest BCUT2D eigenvalue weighted by molar-refractivity contribution is -0.138. The Balaban J connectivity index is 1.59. The predicted molar refractivity (Wildman–Crippen MR) is 103 cm³/mol. The summed E-state index contributed by atoms with van der Waals surface area (Å²) < 4.78 is 5.11. The van der Waals surface area contributed by atoms with Crippen LogP contribution in [0.3, 0.4) is 0 Å². The summed E-state index contributed by atoms with van der Waals surface area (Å²) in [5, 5.41) is 9.57. The highest BCUT2D eigenvalue weighted by Crippen LogP contribution is 2.32. The van der Waals surface area contributed by atoms with Crippen LogP contribution in [0.5, 0.6) is 0 Å². The maximum absolute atomic E-state index is 12.5. The van der Waals surface area contributed by atoms with Gasteiger partial charge in [0.25, 0.3) is 5.91 Å². The normalized spacial score (nSPS) is 18.3. The van der Waals surface area contributed by atoms with E-state index in [1.807, 2.05) is 0 Å². The number of esters is 1. The van der Waals surface area contributed by atoms with Crippen molar-refractivity contribution in [2.45, 2.75) is 50.5 Å². The summed E-state index contributed by atoms with van der Waals surface area (Å²) in [6, 6.07) is 8.15. The molecule has 0 spiro atoms. The molecule has 0 atom stereocenters. The van der Waals surface area contributed by atoms with Crippen LogP contribution in [0.1, 0.15) is 55.3 Å². The van der Waals surface area contributed by atoms with Crippen LogP contribution in [0, 0.1) is 11.3 Å². The molecule has 1 saturated carbocycles. The third-order valence-corrected chi connectivity index (χ3v) is 5.64. The predicted octanol–water partition coefficient (Wildman–Crippen LogP) is 2.18. The van der Waals surface area contributed by atoms with Gasteiger partial charge in [-0.15, -0.1) is 0 Å². The van der Waals surface area contributed by atoms with Crippen molar-refractivity contribution >= 4 is 29.4 Å². The Labute approximate surface area is 169 Å². The molecule has 8 nitrogen and oxygen atoms in total. The van der Waals surface area contributed by atoms with Crippen LogP contribution in [-0.4, -0.2) is 47.8 Å². The molecule has 2 aliphatic rings. The van der Waals surface area contributed by atoms with E-state index in [9.17, 15) is 24.4 Å². The zero-order chi connectivity index (χ0) is 21.0. The van der Waals surface area contributed by atoms with Gasteiger partial charge in [0.2, 0.25) is 11.8 Å². The Morgan fingerprint density at radius 1 is 1.10 bits per heavy atom. The number of likely N-dealkylation sites (N-methyl/N-ethyl adjacent to an activating group) is 1. The number of amides is 3. The average molecular weight is 397 g/mol. The van der Waals surface area contributed by atoms with Crippen molar-refractivity contribution in [3.63, 3.8) is 0 Å². The second kappa shape index (κ2) is 8.43.